The third-order valence-electron chi connectivity index (χ3n) is 4.26. The van der Waals surface area contributed by atoms with Gasteiger partial charge in [0.05, 0.1) is 17.4 Å². The van der Waals surface area contributed by atoms with Gasteiger partial charge in [0, 0.05) is 35.5 Å². The summed E-state index contributed by atoms with van der Waals surface area (Å²) in [5, 5.41) is 14.4. The largest absolute Gasteiger partial charge is 0.493 e. The van der Waals surface area contributed by atoms with E-state index in [-0.39, 0.29) is 12.2 Å². The fourth-order valence-corrected chi connectivity index (χ4v) is 3.23. The molecule has 3 N–H and O–H groups in total. The Kier molecular flexibility index (Phi) is 4.41. The van der Waals surface area contributed by atoms with E-state index in [4.69, 9.17) is 15.5 Å². The van der Waals surface area contributed by atoms with Crippen molar-refractivity contribution in [2.75, 3.05) is 18.5 Å². The molecule has 2 aromatic carbocycles. The zero-order chi connectivity index (χ0) is 18.0. The number of nitro groups is 1. The molecule has 7 nitrogen and oxygen atoms in total. The fraction of sp³-hybridized carbons (Fsp3) is 0.278. The van der Waals surface area contributed by atoms with Gasteiger partial charge >= 0.3 is 0 Å². The minimum Gasteiger partial charge on any atom is -0.493 e. The lowest BCUT2D eigenvalue weighted by molar-refractivity contribution is -0.384. The van der Waals surface area contributed by atoms with Crippen molar-refractivity contribution >= 4 is 17.2 Å². The predicted octanol–water partition coefficient (Wildman–Crippen LogP) is 3.04. The molecule has 0 fully saturated rings. The summed E-state index contributed by atoms with van der Waals surface area (Å²) < 4.78 is 5.77. The van der Waals surface area contributed by atoms with E-state index in [9.17, 15) is 10.1 Å². The summed E-state index contributed by atoms with van der Waals surface area (Å²) in [5.74, 6) is 1.37. The number of nitrogens with two attached hydrogens (primary N) is 1. The zero-order valence-corrected chi connectivity index (χ0v) is 14.2. The molecule has 1 unspecified atom stereocenters. The van der Waals surface area contributed by atoms with E-state index in [1.165, 1.54) is 12.1 Å². The first kappa shape index (κ1) is 16.9. The van der Waals surface area contributed by atoms with E-state index >= 15 is 0 Å². The number of fused-ring (bicyclic) bond motifs is 1. The van der Waals surface area contributed by atoms with Gasteiger partial charge in [0.2, 0.25) is 0 Å². The molecule has 7 heteroatoms. The van der Waals surface area contributed by atoms with Crippen LogP contribution >= 0.6 is 0 Å². The maximum absolute atomic E-state index is 11.2. The zero-order valence-electron chi connectivity index (χ0n) is 14.2. The first-order valence-electron chi connectivity index (χ1n) is 8.06. The molecule has 1 aliphatic heterocycles. The van der Waals surface area contributed by atoms with Crippen LogP contribution in [0, 0.1) is 10.1 Å². The lowest BCUT2D eigenvalue weighted by Gasteiger charge is -2.36. The molecular weight excluding hydrogens is 320 g/mol. The fourth-order valence-electron chi connectivity index (χ4n) is 3.23. The second-order valence-corrected chi connectivity index (χ2v) is 5.80. The van der Waals surface area contributed by atoms with E-state index in [1.807, 2.05) is 38.1 Å². The van der Waals surface area contributed by atoms with Crippen LogP contribution in [0.15, 0.2) is 47.5 Å². The summed E-state index contributed by atoms with van der Waals surface area (Å²) in [6.45, 7) is 4.41. The Morgan fingerprint density at radius 3 is 2.72 bits per heavy atom. The highest BCUT2D eigenvalue weighted by Crippen LogP contribution is 2.44. The van der Waals surface area contributed by atoms with E-state index < -0.39 is 10.5 Å². The number of para-hydroxylation sites is 1. The third-order valence-corrected chi connectivity index (χ3v) is 4.26. The molecule has 0 saturated carbocycles. The van der Waals surface area contributed by atoms with Gasteiger partial charge in [-0.3, -0.25) is 15.1 Å². The van der Waals surface area contributed by atoms with Crippen molar-refractivity contribution < 1.29 is 9.66 Å². The maximum atomic E-state index is 11.2. The number of anilines is 1. The highest BCUT2D eigenvalue weighted by atomic mass is 16.6. The minimum atomic E-state index is -0.942. The van der Waals surface area contributed by atoms with E-state index in [1.54, 1.807) is 6.07 Å². The minimum absolute atomic E-state index is 0.00187. The SMILES string of the molecule is CCOc1ccccc1C1(CN)N=C(C)Nc2ccc([N+](=O)[O-])cc21. The topological polar surface area (TPSA) is 103 Å². The van der Waals surface area contributed by atoms with Crippen LogP contribution in [0.25, 0.3) is 0 Å². The third kappa shape index (κ3) is 2.83. The van der Waals surface area contributed by atoms with E-state index in [0.717, 1.165) is 11.3 Å². The van der Waals surface area contributed by atoms with Crippen molar-refractivity contribution in [2.45, 2.75) is 19.4 Å². The van der Waals surface area contributed by atoms with Gasteiger partial charge in [-0.2, -0.15) is 0 Å². The first-order valence-corrected chi connectivity index (χ1v) is 8.06. The van der Waals surface area contributed by atoms with E-state index in [2.05, 4.69) is 5.32 Å². The Hall–Kier alpha value is -2.93. The van der Waals surface area contributed by atoms with Crippen molar-refractivity contribution in [1.82, 2.24) is 0 Å². The second kappa shape index (κ2) is 6.52. The average Bonchev–Trinajstić information content (AvgIpc) is 2.61. The number of benzene rings is 2. The molecule has 0 bridgehead atoms. The van der Waals surface area contributed by atoms with Crippen molar-refractivity contribution in [3.63, 3.8) is 0 Å². The molecule has 0 saturated heterocycles. The highest BCUT2D eigenvalue weighted by Gasteiger charge is 2.40. The Morgan fingerprint density at radius 2 is 2.04 bits per heavy atom. The summed E-state index contributed by atoms with van der Waals surface area (Å²) in [6, 6.07) is 12.2. The van der Waals surface area contributed by atoms with Crippen molar-refractivity contribution in [3.8, 4) is 5.75 Å². The number of hydrogen-bond donors (Lipinski definition) is 2. The number of ether oxygens (including phenoxy) is 1. The number of nitro benzene ring substituents is 1. The van der Waals surface area contributed by atoms with Crippen LogP contribution in [0.4, 0.5) is 11.4 Å². The van der Waals surface area contributed by atoms with Gasteiger partial charge in [-0.15, -0.1) is 0 Å². The van der Waals surface area contributed by atoms with Crippen LogP contribution < -0.4 is 15.8 Å². The molecule has 3 rings (SSSR count). The van der Waals surface area contributed by atoms with Gasteiger partial charge in [0.25, 0.3) is 5.69 Å². The van der Waals surface area contributed by atoms with Gasteiger partial charge in [-0.1, -0.05) is 18.2 Å². The van der Waals surface area contributed by atoms with Crippen LogP contribution in [0.3, 0.4) is 0 Å². The van der Waals surface area contributed by atoms with Gasteiger partial charge in [0.15, 0.2) is 0 Å². The molecule has 1 atom stereocenters. The number of nitrogens with one attached hydrogen (secondary N) is 1. The molecule has 1 aliphatic rings. The Morgan fingerprint density at radius 1 is 1.28 bits per heavy atom. The number of non-ortho nitro benzene ring substituents is 1. The number of nitrogens with zero attached hydrogens (tertiary/aromatic N) is 2. The molecule has 0 aliphatic carbocycles. The number of aliphatic imine (C=N–C) groups is 1. The molecule has 0 radical (unpaired) electrons. The standard InChI is InChI=1S/C18H20N4O3/c1-3-25-17-7-5-4-6-14(17)18(11-19)15-10-13(22(23)24)8-9-16(15)20-12(2)21-18/h4-10H,3,11,19H2,1-2H3,(H,20,21). The predicted molar refractivity (Wildman–Crippen MR) is 97.3 cm³/mol. The summed E-state index contributed by atoms with van der Waals surface area (Å²) >= 11 is 0. The Balaban J connectivity index is 2.30. The van der Waals surface area contributed by atoms with Crippen molar-refractivity contribution in [2.24, 2.45) is 10.7 Å². The van der Waals surface area contributed by atoms with Crippen LogP contribution in [0.1, 0.15) is 25.0 Å². The molecule has 130 valence electrons. The smallest absolute Gasteiger partial charge is 0.269 e. The van der Waals surface area contributed by atoms with Crippen molar-refractivity contribution in [3.05, 3.63) is 63.7 Å². The van der Waals surface area contributed by atoms with Crippen LogP contribution in [0.5, 0.6) is 5.75 Å². The van der Waals surface area contributed by atoms with Crippen LogP contribution in [0.2, 0.25) is 0 Å². The summed E-state index contributed by atoms with van der Waals surface area (Å²) in [7, 11) is 0. The monoisotopic (exact) mass is 340 g/mol. The van der Waals surface area contributed by atoms with Crippen LogP contribution in [-0.4, -0.2) is 23.9 Å². The molecule has 2 aromatic rings. The lowest BCUT2D eigenvalue weighted by Crippen LogP contribution is -2.40. The van der Waals surface area contributed by atoms with Gasteiger partial charge in [-0.25, -0.2) is 0 Å². The quantitative estimate of drug-likeness (QED) is 0.643. The van der Waals surface area contributed by atoms with Crippen molar-refractivity contribution in [1.29, 1.82) is 0 Å². The number of hydrogen-bond acceptors (Lipinski definition) is 6. The van der Waals surface area contributed by atoms with E-state index in [0.29, 0.717) is 23.8 Å². The number of amidine groups is 1. The van der Waals surface area contributed by atoms with Gasteiger partial charge in [-0.05, 0) is 26.0 Å². The molecule has 0 amide bonds. The Labute approximate surface area is 145 Å². The maximum Gasteiger partial charge on any atom is 0.269 e. The second-order valence-electron chi connectivity index (χ2n) is 5.80. The van der Waals surface area contributed by atoms with Crippen LogP contribution in [-0.2, 0) is 5.54 Å². The molecule has 25 heavy (non-hydrogen) atoms. The molecule has 0 spiro atoms. The highest BCUT2D eigenvalue weighted by molar-refractivity contribution is 5.97. The lowest BCUT2D eigenvalue weighted by atomic mass is 9.80. The molecule has 1 heterocycles. The molecule has 0 aromatic heterocycles. The normalized spacial score (nSPS) is 18.8. The summed E-state index contributed by atoms with van der Waals surface area (Å²) in [4.78, 5) is 15.6. The van der Waals surface area contributed by atoms with Gasteiger partial charge in [0.1, 0.15) is 11.3 Å². The Bertz CT molecular complexity index is 850. The summed E-state index contributed by atoms with van der Waals surface area (Å²) in [5.41, 5.74) is 7.46. The van der Waals surface area contributed by atoms with Gasteiger partial charge < -0.3 is 15.8 Å². The summed E-state index contributed by atoms with van der Waals surface area (Å²) in [6.07, 6.45) is 0. The average molecular weight is 340 g/mol. The first-order chi connectivity index (χ1) is 12.0. The molecular formula is C18H20N4O3. The number of rotatable bonds is 5.